The van der Waals surface area contributed by atoms with Crippen LogP contribution in [0.3, 0.4) is 0 Å². The first kappa shape index (κ1) is 11.1. The molecule has 2 aromatic rings. The molecule has 0 bridgehead atoms. The highest BCUT2D eigenvalue weighted by Gasteiger charge is 2.07. The summed E-state index contributed by atoms with van der Waals surface area (Å²) in [6.45, 7) is 4.28. The molecule has 0 saturated carbocycles. The SMILES string of the molecule is CC(C)CCc1nc2ccccc2cc1F. The van der Waals surface area contributed by atoms with Crippen LogP contribution >= 0.6 is 0 Å². The molecule has 0 aliphatic carbocycles. The third-order valence-electron chi connectivity index (χ3n) is 2.71. The van der Waals surface area contributed by atoms with Crippen LogP contribution in [0.4, 0.5) is 4.39 Å². The van der Waals surface area contributed by atoms with Gasteiger partial charge in [-0.15, -0.1) is 0 Å². The number of rotatable bonds is 3. The van der Waals surface area contributed by atoms with Gasteiger partial charge < -0.3 is 0 Å². The van der Waals surface area contributed by atoms with Gasteiger partial charge in [0.25, 0.3) is 0 Å². The predicted molar refractivity (Wildman–Crippen MR) is 64.9 cm³/mol. The lowest BCUT2D eigenvalue weighted by Gasteiger charge is -2.06. The molecule has 2 rings (SSSR count). The van der Waals surface area contributed by atoms with Crippen molar-refractivity contribution in [2.24, 2.45) is 5.92 Å². The highest BCUT2D eigenvalue weighted by Crippen LogP contribution is 2.17. The number of halogens is 1. The fourth-order valence-corrected chi connectivity index (χ4v) is 1.73. The van der Waals surface area contributed by atoms with Crippen molar-refractivity contribution in [2.45, 2.75) is 26.7 Å². The molecule has 0 radical (unpaired) electrons. The highest BCUT2D eigenvalue weighted by molar-refractivity contribution is 5.78. The monoisotopic (exact) mass is 217 g/mol. The fourth-order valence-electron chi connectivity index (χ4n) is 1.73. The van der Waals surface area contributed by atoms with E-state index in [1.807, 2.05) is 24.3 Å². The van der Waals surface area contributed by atoms with Crippen LogP contribution in [0.15, 0.2) is 30.3 Å². The van der Waals surface area contributed by atoms with E-state index >= 15 is 0 Å². The van der Waals surface area contributed by atoms with Crippen molar-refractivity contribution in [3.05, 3.63) is 41.8 Å². The summed E-state index contributed by atoms with van der Waals surface area (Å²) in [7, 11) is 0. The van der Waals surface area contributed by atoms with Crippen molar-refractivity contribution in [2.75, 3.05) is 0 Å². The number of nitrogens with zero attached hydrogens (tertiary/aromatic N) is 1. The van der Waals surface area contributed by atoms with E-state index < -0.39 is 0 Å². The van der Waals surface area contributed by atoms with Crippen LogP contribution in [-0.2, 0) is 6.42 Å². The van der Waals surface area contributed by atoms with Crippen molar-refractivity contribution in [1.29, 1.82) is 0 Å². The van der Waals surface area contributed by atoms with Crippen molar-refractivity contribution in [3.8, 4) is 0 Å². The molecule has 0 aliphatic heterocycles. The Kier molecular flexibility index (Phi) is 3.18. The molecule has 0 N–H and O–H groups in total. The number of para-hydroxylation sites is 1. The Hall–Kier alpha value is -1.44. The number of hydrogen-bond acceptors (Lipinski definition) is 1. The molecule has 1 aromatic carbocycles. The fraction of sp³-hybridized carbons (Fsp3) is 0.357. The van der Waals surface area contributed by atoms with Gasteiger partial charge in [0.1, 0.15) is 5.82 Å². The van der Waals surface area contributed by atoms with Crippen LogP contribution in [0.2, 0.25) is 0 Å². The minimum atomic E-state index is -0.181. The lowest BCUT2D eigenvalue weighted by atomic mass is 10.1. The maximum Gasteiger partial charge on any atom is 0.145 e. The topological polar surface area (TPSA) is 12.9 Å². The second-order valence-electron chi connectivity index (χ2n) is 4.54. The zero-order valence-electron chi connectivity index (χ0n) is 9.70. The summed E-state index contributed by atoms with van der Waals surface area (Å²) in [6, 6.07) is 9.22. The van der Waals surface area contributed by atoms with E-state index in [0.29, 0.717) is 18.0 Å². The number of aryl methyl sites for hydroxylation is 1. The Labute approximate surface area is 95.3 Å². The highest BCUT2D eigenvalue weighted by atomic mass is 19.1. The average Bonchev–Trinajstić information content (AvgIpc) is 2.26. The Morgan fingerprint density at radius 3 is 2.75 bits per heavy atom. The van der Waals surface area contributed by atoms with Gasteiger partial charge in [-0.05, 0) is 30.9 Å². The summed E-state index contributed by atoms with van der Waals surface area (Å²) < 4.78 is 13.7. The Morgan fingerprint density at radius 1 is 1.25 bits per heavy atom. The van der Waals surface area contributed by atoms with Gasteiger partial charge in [0.15, 0.2) is 0 Å². The van der Waals surface area contributed by atoms with Gasteiger partial charge in [0.05, 0.1) is 11.2 Å². The molecule has 0 atom stereocenters. The molecule has 0 amide bonds. The summed E-state index contributed by atoms with van der Waals surface area (Å²) in [5.41, 5.74) is 1.47. The first-order valence-corrected chi connectivity index (χ1v) is 5.71. The average molecular weight is 217 g/mol. The molecule has 2 heteroatoms. The summed E-state index contributed by atoms with van der Waals surface area (Å²) in [4.78, 5) is 4.37. The molecule has 0 saturated heterocycles. The first-order valence-electron chi connectivity index (χ1n) is 5.71. The predicted octanol–water partition coefficient (Wildman–Crippen LogP) is 3.96. The van der Waals surface area contributed by atoms with E-state index in [1.54, 1.807) is 6.07 Å². The molecule has 0 aliphatic rings. The smallest absolute Gasteiger partial charge is 0.145 e. The van der Waals surface area contributed by atoms with Crippen molar-refractivity contribution in [1.82, 2.24) is 4.98 Å². The van der Waals surface area contributed by atoms with E-state index in [1.165, 1.54) is 0 Å². The lowest BCUT2D eigenvalue weighted by Crippen LogP contribution is -1.99. The molecule has 0 fully saturated rings. The first-order chi connectivity index (χ1) is 7.66. The Bertz CT molecular complexity index is 491. The maximum atomic E-state index is 13.7. The molecule has 0 unspecified atom stereocenters. The zero-order chi connectivity index (χ0) is 11.5. The van der Waals surface area contributed by atoms with E-state index in [-0.39, 0.29) is 5.82 Å². The quantitative estimate of drug-likeness (QED) is 0.758. The van der Waals surface area contributed by atoms with E-state index in [2.05, 4.69) is 18.8 Å². The van der Waals surface area contributed by atoms with Gasteiger partial charge in [-0.25, -0.2) is 9.37 Å². The normalized spacial score (nSPS) is 11.2. The van der Waals surface area contributed by atoms with Gasteiger partial charge in [-0.1, -0.05) is 32.0 Å². The van der Waals surface area contributed by atoms with E-state index in [9.17, 15) is 4.39 Å². The summed E-state index contributed by atoms with van der Waals surface area (Å²) in [6.07, 6.45) is 1.69. The molecule has 16 heavy (non-hydrogen) atoms. The van der Waals surface area contributed by atoms with Gasteiger partial charge >= 0.3 is 0 Å². The summed E-state index contributed by atoms with van der Waals surface area (Å²) in [5.74, 6) is 0.395. The van der Waals surface area contributed by atoms with Crippen LogP contribution in [0.5, 0.6) is 0 Å². The van der Waals surface area contributed by atoms with E-state index in [0.717, 1.165) is 17.3 Å². The third kappa shape index (κ3) is 2.38. The summed E-state index contributed by atoms with van der Waals surface area (Å²) >= 11 is 0. The Morgan fingerprint density at radius 2 is 2.00 bits per heavy atom. The van der Waals surface area contributed by atoms with Crippen LogP contribution in [0.25, 0.3) is 10.9 Å². The minimum Gasteiger partial charge on any atom is -0.250 e. The Balaban J connectivity index is 2.34. The molecule has 1 heterocycles. The van der Waals surface area contributed by atoms with Gasteiger partial charge in [0, 0.05) is 5.39 Å². The van der Waals surface area contributed by atoms with Gasteiger partial charge in [-0.2, -0.15) is 0 Å². The zero-order valence-corrected chi connectivity index (χ0v) is 9.70. The second kappa shape index (κ2) is 4.60. The van der Waals surface area contributed by atoms with E-state index in [4.69, 9.17) is 0 Å². The van der Waals surface area contributed by atoms with Crippen LogP contribution in [0.1, 0.15) is 26.0 Å². The number of pyridine rings is 1. The van der Waals surface area contributed by atoms with Crippen molar-refractivity contribution in [3.63, 3.8) is 0 Å². The van der Waals surface area contributed by atoms with Gasteiger partial charge in [0.2, 0.25) is 0 Å². The van der Waals surface area contributed by atoms with Crippen LogP contribution in [0, 0.1) is 11.7 Å². The summed E-state index contributed by atoms with van der Waals surface area (Å²) in [5, 5.41) is 0.869. The van der Waals surface area contributed by atoms with Crippen molar-refractivity contribution >= 4 is 10.9 Å². The lowest BCUT2D eigenvalue weighted by molar-refractivity contribution is 0.550. The number of hydrogen-bond donors (Lipinski definition) is 0. The molecule has 84 valence electrons. The molecule has 1 nitrogen and oxygen atoms in total. The van der Waals surface area contributed by atoms with Crippen LogP contribution < -0.4 is 0 Å². The number of aromatic nitrogens is 1. The van der Waals surface area contributed by atoms with Crippen molar-refractivity contribution < 1.29 is 4.39 Å². The molecular formula is C14H16FN. The third-order valence-corrected chi connectivity index (χ3v) is 2.71. The largest absolute Gasteiger partial charge is 0.250 e. The molecule has 1 aromatic heterocycles. The second-order valence-corrected chi connectivity index (χ2v) is 4.54. The molecular weight excluding hydrogens is 201 g/mol. The number of fused-ring (bicyclic) bond motifs is 1. The van der Waals surface area contributed by atoms with Gasteiger partial charge in [-0.3, -0.25) is 0 Å². The molecule has 0 spiro atoms. The maximum absolute atomic E-state index is 13.7. The minimum absolute atomic E-state index is 0.181. The standard InChI is InChI=1S/C14H16FN/c1-10(2)7-8-14-12(15)9-11-5-3-4-6-13(11)16-14/h3-6,9-10H,7-8H2,1-2H3. The number of benzene rings is 1. The van der Waals surface area contributed by atoms with Crippen LogP contribution in [-0.4, -0.2) is 4.98 Å².